The monoisotopic (exact) mass is 328 g/mol. The number of ether oxygens (including phenoxy) is 5. The summed E-state index contributed by atoms with van der Waals surface area (Å²) in [6.07, 6.45) is 0. The smallest absolute Gasteiger partial charge is 0.119 e. The van der Waals surface area contributed by atoms with Crippen LogP contribution in [-0.4, -0.2) is 60.0 Å². The Bertz CT molecular complexity index is 340. The van der Waals surface area contributed by atoms with E-state index >= 15 is 0 Å². The van der Waals surface area contributed by atoms with Crippen LogP contribution in [0.2, 0.25) is 0 Å². The lowest BCUT2D eigenvalue weighted by molar-refractivity contribution is 0.000164. The predicted octanol–water partition coefficient (Wildman–Crippen LogP) is 3.10. The first-order valence-electron chi connectivity index (χ1n) is 8.24. The van der Waals surface area contributed by atoms with E-state index in [0.717, 1.165) is 5.75 Å². The highest BCUT2D eigenvalue weighted by Gasteiger charge is 1.94. The number of methoxy groups -OCH3 is 1. The molecule has 0 radical (unpaired) electrons. The van der Waals surface area contributed by atoms with Crippen LogP contribution in [0.15, 0.2) is 24.3 Å². The van der Waals surface area contributed by atoms with Crippen LogP contribution in [0.3, 0.4) is 0 Å². The largest absolute Gasteiger partial charge is 0.491 e. The van der Waals surface area contributed by atoms with Gasteiger partial charge in [-0.3, -0.25) is 0 Å². The van der Waals surface area contributed by atoms with Crippen LogP contribution in [0.25, 0.3) is 0 Å². The van der Waals surface area contributed by atoms with E-state index in [-0.39, 0.29) is 0 Å². The number of rotatable bonds is 13. The Morgan fingerprint density at radius 3 is 1.57 bits per heavy atom. The fourth-order valence-corrected chi connectivity index (χ4v) is 1.54. The number of hydrogen-bond donors (Lipinski definition) is 0. The average molecular weight is 328 g/mol. The van der Waals surface area contributed by atoms with E-state index in [0.29, 0.717) is 52.9 Å². The second-order valence-corrected chi connectivity index (χ2v) is 4.49. The van der Waals surface area contributed by atoms with Crippen molar-refractivity contribution in [1.29, 1.82) is 0 Å². The van der Waals surface area contributed by atoms with E-state index in [1.54, 1.807) is 7.11 Å². The Labute approximate surface area is 140 Å². The topological polar surface area (TPSA) is 46.2 Å². The van der Waals surface area contributed by atoms with Gasteiger partial charge in [-0.2, -0.15) is 0 Å². The molecule has 0 saturated carbocycles. The lowest BCUT2D eigenvalue weighted by Gasteiger charge is -2.08. The number of hydrogen-bond acceptors (Lipinski definition) is 5. The van der Waals surface area contributed by atoms with E-state index in [4.69, 9.17) is 23.7 Å². The minimum absolute atomic E-state index is 0.545. The first-order chi connectivity index (χ1) is 11.3. The van der Waals surface area contributed by atoms with E-state index in [1.165, 1.54) is 5.56 Å². The maximum absolute atomic E-state index is 5.55. The van der Waals surface area contributed by atoms with Gasteiger partial charge in [0.05, 0.1) is 46.2 Å². The molecule has 1 rings (SSSR count). The van der Waals surface area contributed by atoms with Crippen molar-refractivity contribution in [3.8, 4) is 5.75 Å². The second-order valence-electron chi connectivity index (χ2n) is 4.49. The van der Waals surface area contributed by atoms with E-state index in [1.807, 2.05) is 38.1 Å². The van der Waals surface area contributed by atoms with Gasteiger partial charge in [0, 0.05) is 7.11 Å². The summed E-state index contributed by atoms with van der Waals surface area (Å²) in [4.78, 5) is 0. The molecule has 0 bridgehead atoms. The highest BCUT2D eigenvalue weighted by molar-refractivity contribution is 5.26. The van der Waals surface area contributed by atoms with E-state index in [2.05, 4.69) is 6.92 Å². The highest BCUT2D eigenvalue weighted by atomic mass is 16.6. The molecule has 0 spiro atoms. The molecule has 0 amide bonds. The fraction of sp³-hybridized carbons (Fsp3) is 0.667. The molecule has 1 aromatic carbocycles. The number of aryl methyl sites for hydroxylation is 1. The van der Waals surface area contributed by atoms with Gasteiger partial charge in [-0.25, -0.2) is 0 Å². The normalized spacial score (nSPS) is 10.1. The van der Waals surface area contributed by atoms with Crippen molar-refractivity contribution >= 4 is 0 Å². The molecule has 0 unspecified atom stereocenters. The van der Waals surface area contributed by atoms with Crippen LogP contribution >= 0.6 is 0 Å². The van der Waals surface area contributed by atoms with Gasteiger partial charge in [-0.05, 0) is 19.1 Å². The molecular formula is C18H32O5. The zero-order chi connectivity index (χ0) is 17.2. The molecule has 134 valence electrons. The lowest BCUT2D eigenvalue weighted by Crippen LogP contribution is -2.13. The molecule has 5 nitrogen and oxygen atoms in total. The van der Waals surface area contributed by atoms with Crippen LogP contribution < -0.4 is 4.74 Å². The van der Waals surface area contributed by atoms with Gasteiger partial charge in [-0.1, -0.05) is 31.5 Å². The van der Waals surface area contributed by atoms with Gasteiger partial charge in [0.1, 0.15) is 12.4 Å². The predicted molar refractivity (Wildman–Crippen MR) is 92.4 cm³/mol. The Morgan fingerprint density at radius 1 is 0.652 bits per heavy atom. The van der Waals surface area contributed by atoms with Gasteiger partial charge >= 0.3 is 0 Å². The van der Waals surface area contributed by atoms with E-state index in [9.17, 15) is 0 Å². The summed E-state index contributed by atoms with van der Waals surface area (Å²) in [7, 11) is 1.65. The van der Waals surface area contributed by atoms with Crippen molar-refractivity contribution in [1.82, 2.24) is 0 Å². The molecule has 0 aromatic heterocycles. The van der Waals surface area contributed by atoms with Crippen molar-refractivity contribution in [2.24, 2.45) is 0 Å². The molecule has 1 aromatic rings. The van der Waals surface area contributed by atoms with Crippen molar-refractivity contribution in [2.75, 3.05) is 60.0 Å². The Hall–Kier alpha value is -1.14. The first-order valence-corrected chi connectivity index (χ1v) is 8.24. The van der Waals surface area contributed by atoms with Crippen LogP contribution in [-0.2, 0) is 18.9 Å². The summed E-state index contributed by atoms with van der Waals surface area (Å²) < 4.78 is 26.4. The van der Waals surface area contributed by atoms with Crippen molar-refractivity contribution in [3.05, 3.63) is 29.8 Å². The van der Waals surface area contributed by atoms with Gasteiger partial charge in [-0.15, -0.1) is 0 Å². The zero-order valence-corrected chi connectivity index (χ0v) is 15.0. The van der Waals surface area contributed by atoms with Gasteiger partial charge in [0.15, 0.2) is 0 Å². The second kappa shape index (κ2) is 17.2. The Kier molecular flexibility index (Phi) is 16.4. The third kappa shape index (κ3) is 14.2. The summed E-state index contributed by atoms with van der Waals surface area (Å²) >= 11 is 0. The molecule has 23 heavy (non-hydrogen) atoms. The van der Waals surface area contributed by atoms with Gasteiger partial charge < -0.3 is 23.7 Å². The maximum Gasteiger partial charge on any atom is 0.119 e. The molecular weight excluding hydrogens is 296 g/mol. The average Bonchev–Trinajstić information content (AvgIpc) is 2.59. The molecule has 0 N–H and O–H groups in total. The summed E-state index contributed by atoms with van der Waals surface area (Å²) in [6.45, 7) is 10.7. The minimum Gasteiger partial charge on any atom is -0.491 e. The summed E-state index contributed by atoms with van der Waals surface area (Å²) in [5, 5.41) is 0. The molecule has 0 aliphatic heterocycles. The number of benzene rings is 1. The molecule has 0 saturated heterocycles. The maximum atomic E-state index is 5.55. The molecule has 5 heteroatoms. The van der Waals surface area contributed by atoms with Crippen LogP contribution in [0, 0.1) is 6.92 Å². The van der Waals surface area contributed by atoms with Crippen molar-refractivity contribution in [2.45, 2.75) is 20.8 Å². The highest BCUT2D eigenvalue weighted by Crippen LogP contribution is 2.10. The standard InChI is InChI=1S/C16H26O5.C2H6/c1-15-3-5-16(6-4-15)21-14-13-20-12-11-19-10-9-18-8-7-17-2;1-2/h3-6H,7-14H2,1-2H3;1-2H3. The van der Waals surface area contributed by atoms with Crippen LogP contribution in [0.1, 0.15) is 19.4 Å². The summed E-state index contributed by atoms with van der Waals surface area (Å²) in [6, 6.07) is 7.97. The lowest BCUT2D eigenvalue weighted by atomic mass is 10.2. The van der Waals surface area contributed by atoms with Gasteiger partial charge in [0.25, 0.3) is 0 Å². The molecule has 0 atom stereocenters. The molecule has 0 aliphatic rings. The van der Waals surface area contributed by atoms with Crippen molar-refractivity contribution < 1.29 is 23.7 Å². The van der Waals surface area contributed by atoms with Crippen molar-refractivity contribution in [3.63, 3.8) is 0 Å². The Morgan fingerprint density at radius 2 is 1.09 bits per heavy atom. The zero-order valence-electron chi connectivity index (χ0n) is 15.0. The summed E-state index contributed by atoms with van der Waals surface area (Å²) in [5.74, 6) is 0.869. The molecule has 0 fully saturated rings. The SMILES string of the molecule is CC.COCCOCCOCCOCCOc1ccc(C)cc1. The molecule has 0 aliphatic carbocycles. The van der Waals surface area contributed by atoms with Crippen LogP contribution in [0.4, 0.5) is 0 Å². The van der Waals surface area contributed by atoms with Crippen LogP contribution in [0.5, 0.6) is 5.75 Å². The third-order valence-electron chi connectivity index (χ3n) is 2.69. The Balaban J connectivity index is 0.00000232. The minimum atomic E-state index is 0.545. The third-order valence-corrected chi connectivity index (χ3v) is 2.69. The quantitative estimate of drug-likeness (QED) is 0.521. The van der Waals surface area contributed by atoms with E-state index < -0.39 is 0 Å². The first kappa shape index (κ1) is 21.9. The fourth-order valence-electron chi connectivity index (χ4n) is 1.54. The molecule has 0 heterocycles. The van der Waals surface area contributed by atoms with Gasteiger partial charge in [0.2, 0.25) is 0 Å². The summed E-state index contributed by atoms with van der Waals surface area (Å²) in [5.41, 5.74) is 1.22.